The zero-order valence-corrected chi connectivity index (χ0v) is 60.5. The van der Waals surface area contributed by atoms with Crippen LogP contribution in [0.25, 0.3) is 0 Å². The highest BCUT2D eigenvalue weighted by Crippen LogP contribution is 2.45. The lowest BCUT2D eigenvalue weighted by atomic mass is 9.74. The number of rotatable bonds is 10. The van der Waals surface area contributed by atoms with Gasteiger partial charge < -0.3 is 60.0 Å². The van der Waals surface area contributed by atoms with Crippen LogP contribution in [-0.4, -0.2) is 276 Å². The molecule has 11 atom stereocenters. The first-order valence-corrected chi connectivity index (χ1v) is 36.1. The molecule has 101 heavy (non-hydrogen) atoms. The fourth-order valence-corrected chi connectivity index (χ4v) is 16.0. The second kappa shape index (κ2) is 34.4. The van der Waals surface area contributed by atoms with Crippen LogP contribution in [0.5, 0.6) is 0 Å². The van der Waals surface area contributed by atoms with Crippen LogP contribution in [0.2, 0.25) is 0 Å². The largest absolute Gasteiger partial charge is 0.397 e. The maximum absolute atomic E-state index is 15.3. The molecule has 4 saturated carbocycles. The zero-order valence-electron chi connectivity index (χ0n) is 60.5. The van der Waals surface area contributed by atoms with Crippen molar-refractivity contribution in [1.82, 2.24) is 60.0 Å². The van der Waals surface area contributed by atoms with E-state index >= 15 is 32.8 Å². The van der Waals surface area contributed by atoms with E-state index in [1.807, 2.05) is 0 Å². The highest BCUT2D eigenvalue weighted by Gasteiger charge is 2.56. The minimum Gasteiger partial charge on any atom is -0.347 e. The smallest absolute Gasteiger partial charge is 0.347 e. The van der Waals surface area contributed by atoms with Crippen LogP contribution in [0.3, 0.4) is 0 Å². The van der Waals surface area contributed by atoms with E-state index in [2.05, 4.69) is 16.0 Å². The Balaban J connectivity index is 1.28. The van der Waals surface area contributed by atoms with Gasteiger partial charge in [-0.3, -0.25) is 57.5 Å². The molecule has 31 heteroatoms. The molecule has 2 unspecified atom stereocenters. The summed E-state index contributed by atoms with van der Waals surface area (Å²) in [6.45, 7) is 3.48. The van der Waals surface area contributed by atoms with E-state index in [4.69, 9.17) is 0 Å². The van der Waals surface area contributed by atoms with E-state index in [-0.39, 0.29) is 83.7 Å². The van der Waals surface area contributed by atoms with Gasteiger partial charge in [-0.1, -0.05) is 52.2 Å². The first-order valence-electron chi connectivity index (χ1n) is 36.1. The van der Waals surface area contributed by atoms with Crippen LogP contribution in [0.1, 0.15) is 168 Å². The maximum Gasteiger partial charge on any atom is 0.397 e. The Hall–Kier alpha value is -7.11. The number of likely N-dealkylation sites (N-methyl/N-ethyl adjacent to an activating group) is 7. The first kappa shape index (κ1) is 81.2. The molecule has 1 spiro atoms. The summed E-state index contributed by atoms with van der Waals surface area (Å²) in [5, 5.41) is 8.35. The normalized spacial score (nSPS) is 31.6. The number of nitrogens with zero attached hydrogens (tertiary/aromatic N) is 9. The lowest BCUT2D eigenvalue weighted by Crippen LogP contribution is -2.68. The summed E-state index contributed by atoms with van der Waals surface area (Å²) in [5.74, 6) is -17.6. The molecule has 12 amide bonds. The van der Waals surface area contributed by atoms with Crippen LogP contribution in [0, 0.1) is 29.6 Å². The van der Waals surface area contributed by atoms with E-state index in [1.54, 1.807) is 32.9 Å². The van der Waals surface area contributed by atoms with Gasteiger partial charge in [0.2, 0.25) is 76.8 Å². The highest BCUT2D eigenvalue weighted by atomic mass is 19.4. The molecule has 0 radical (unpaired) electrons. The van der Waals surface area contributed by atoms with Gasteiger partial charge in [-0.25, -0.2) is 17.6 Å². The third kappa shape index (κ3) is 19.2. The van der Waals surface area contributed by atoms with Crippen LogP contribution in [0.15, 0.2) is 12.2 Å². The molecule has 3 N–H and O–H groups in total. The number of carbonyl (C=O) groups excluding carboxylic acids is 12. The van der Waals surface area contributed by atoms with Crippen LogP contribution >= 0.6 is 0 Å². The zero-order chi connectivity index (χ0) is 74.9. The lowest BCUT2D eigenvalue weighted by Gasteiger charge is -2.46. The van der Waals surface area contributed by atoms with Crippen molar-refractivity contribution in [1.29, 1.82) is 0 Å². The van der Waals surface area contributed by atoms with Crippen molar-refractivity contribution in [3.8, 4) is 0 Å². The van der Waals surface area contributed by atoms with Gasteiger partial charge in [-0.05, 0) is 133 Å². The Labute approximate surface area is 588 Å². The highest BCUT2D eigenvalue weighted by molar-refractivity contribution is 6.01. The minimum atomic E-state index is -5.19. The Morgan fingerprint density at radius 2 is 1.26 bits per heavy atom. The number of hydrogen-bond acceptors (Lipinski definition) is 12. The number of carbonyl (C=O) groups is 12. The topological polar surface area (TPSA) is 270 Å². The summed E-state index contributed by atoms with van der Waals surface area (Å²) < 4.78 is 102. The summed E-state index contributed by atoms with van der Waals surface area (Å²) in [6.07, 6.45) is -7.24. The molecular formula is C70H107F7N12O12. The maximum atomic E-state index is 15.3. The average molecular weight is 1440 g/mol. The molecule has 568 valence electrons. The quantitative estimate of drug-likeness (QED) is 0.189. The van der Waals surface area contributed by atoms with Gasteiger partial charge in [0.05, 0.1) is 19.5 Å². The fourth-order valence-electron chi connectivity index (χ4n) is 16.0. The molecule has 3 heterocycles. The van der Waals surface area contributed by atoms with Gasteiger partial charge in [0, 0.05) is 82.3 Å². The Bertz CT molecular complexity index is 3040. The standard InChI is InChI=1S/C70H107F7N12O12/c1-12-41(3)57-65(99)83(7)40-55(92)85(9)50-23-15-14-18-33-89(64(50)98)52(37-42-27-31-69(73,74)32-28-42)63(97)82(6)39-53(90)78-47(26-25-43-35-45(71)56(46(72)36-43)70(75,76)77)61(95)88-34-19-24-49(88)60(94)80-68(29-20-30-68)67(101)87(11)58(44-21-16-17-22-44)66(100)86(10)51(62(96)81(4)5)38-54(91)84(8)48(13-2)59(93)79-57/h14-15,41-52,56-58H,12-13,16-40H2,1-11H3,(H,78,90)(H,79,93)(H,80,94)/b15-14-/t41-,43?,45?,46?,47-,48-,49-,50-,51-,52-,56?,57-,58-/m0/s1. The molecule has 0 aromatic rings. The van der Waals surface area contributed by atoms with Crippen molar-refractivity contribution in [2.45, 2.75) is 247 Å². The van der Waals surface area contributed by atoms with Crippen molar-refractivity contribution in [2.75, 3.05) is 82.6 Å². The van der Waals surface area contributed by atoms with Gasteiger partial charge in [-0.2, -0.15) is 13.2 Å². The number of fused-ring (bicyclic) bond motifs is 3. The predicted octanol–water partition coefficient (Wildman–Crippen LogP) is 5.16. The van der Waals surface area contributed by atoms with E-state index in [0.717, 1.165) is 24.5 Å². The predicted molar refractivity (Wildman–Crippen MR) is 357 cm³/mol. The fraction of sp³-hybridized carbons (Fsp3) is 0.800. The van der Waals surface area contributed by atoms with E-state index < -0.39 is 230 Å². The van der Waals surface area contributed by atoms with Crippen LogP contribution in [-0.2, 0) is 57.5 Å². The molecule has 4 aliphatic carbocycles. The number of alkyl halides is 7. The number of hydrogen-bond donors (Lipinski definition) is 3. The molecule has 6 fully saturated rings. The van der Waals surface area contributed by atoms with Crippen molar-refractivity contribution in [3.63, 3.8) is 0 Å². The second-order valence-electron chi connectivity index (χ2n) is 29.8. The van der Waals surface area contributed by atoms with Gasteiger partial charge in [0.15, 0.2) is 0 Å². The summed E-state index contributed by atoms with van der Waals surface area (Å²) in [6, 6.07) is -10.9. The summed E-state index contributed by atoms with van der Waals surface area (Å²) in [4.78, 5) is 189. The average Bonchev–Trinajstić information content (AvgIpc) is 1.52. The second-order valence-corrected chi connectivity index (χ2v) is 29.8. The molecule has 2 saturated heterocycles. The number of amides is 12. The SMILES string of the molecule is CC[C@H](C)[C@@H]1NC(=O)[C@H](CC)N(C)C(=O)C[C@@H](C(=O)N(C)C)N(C)C(=O)[C@H](C2CCCC2)N(C)C(=O)C2(CCC2)NC(=O)[C@@H]2CCCN2C(=O)[C@H](CCC2CC(F)C(C(F)(F)F)C(F)C2)NC(=O)CN(C)C(=O)[C@H](CC2CCC(F)(F)CC2)N2CC/C=C\C[C@@H](C2=O)N(C)C(=O)CN(C)C1=O. The first-order chi connectivity index (χ1) is 47.4. The Morgan fingerprint density at radius 1 is 0.634 bits per heavy atom. The Kier molecular flexibility index (Phi) is 27.7. The third-order valence-electron chi connectivity index (χ3n) is 22.7. The Morgan fingerprint density at radius 3 is 1.83 bits per heavy atom. The molecule has 24 nitrogen and oxygen atoms in total. The lowest BCUT2D eigenvalue weighted by molar-refractivity contribution is -0.219. The van der Waals surface area contributed by atoms with Crippen molar-refractivity contribution < 1.29 is 88.3 Å². The van der Waals surface area contributed by atoms with Gasteiger partial charge in [0.25, 0.3) is 0 Å². The molecule has 7 aliphatic rings. The van der Waals surface area contributed by atoms with E-state index in [9.17, 15) is 55.5 Å². The van der Waals surface area contributed by atoms with E-state index in [1.165, 1.54) is 76.0 Å². The monoisotopic (exact) mass is 1440 g/mol. The number of nitrogens with one attached hydrogen (secondary N) is 3. The summed E-state index contributed by atoms with van der Waals surface area (Å²) in [7, 11) is 10.9. The van der Waals surface area contributed by atoms with Crippen LogP contribution < -0.4 is 16.0 Å². The van der Waals surface area contributed by atoms with Gasteiger partial charge >= 0.3 is 6.18 Å². The summed E-state index contributed by atoms with van der Waals surface area (Å²) >= 11 is 0. The van der Waals surface area contributed by atoms with Crippen LogP contribution in [0.4, 0.5) is 30.7 Å². The molecule has 2 bridgehead atoms. The van der Waals surface area contributed by atoms with Crippen molar-refractivity contribution in [3.05, 3.63) is 12.2 Å². The van der Waals surface area contributed by atoms with Crippen molar-refractivity contribution >= 4 is 70.9 Å². The molecule has 0 aromatic heterocycles. The minimum absolute atomic E-state index is 0.0155. The van der Waals surface area contributed by atoms with E-state index in [0.29, 0.717) is 38.5 Å². The number of halogens is 7. The molecule has 7 rings (SSSR count). The van der Waals surface area contributed by atoms with Crippen molar-refractivity contribution in [2.24, 2.45) is 29.6 Å². The molecular weight excluding hydrogens is 1330 g/mol. The summed E-state index contributed by atoms with van der Waals surface area (Å²) in [5.41, 5.74) is -1.62. The van der Waals surface area contributed by atoms with Gasteiger partial charge in [-0.15, -0.1) is 0 Å². The molecule has 3 aliphatic heterocycles. The third-order valence-corrected chi connectivity index (χ3v) is 22.7. The molecule has 0 aromatic carbocycles. The van der Waals surface area contributed by atoms with Gasteiger partial charge in [0.1, 0.15) is 72.1 Å².